The summed E-state index contributed by atoms with van der Waals surface area (Å²) in [6, 6.07) is 11.8. The van der Waals surface area contributed by atoms with Crippen LogP contribution in [0.1, 0.15) is 96.0 Å². The van der Waals surface area contributed by atoms with E-state index < -0.39 is 17.8 Å². The SMILES string of the molecule is C=CCCc1ccc(-c2ccc(OC(F)(F)C3CCC(C4CCC(C5CCC(C)CC5)CC4)CC3)cc2F)cc1. The van der Waals surface area contributed by atoms with Gasteiger partial charge in [0.15, 0.2) is 0 Å². The average molecular weight is 553 g/mol. The molecule has 4 heteroatoms. The summed E-state index contributed by atoms with van der Waals surface area (Å²) in [5.41, 5.74) is 2.26. The van der Waals surface area contributed by atoms with Crippen LogP contribution in [0, 0.1) is 41.3 Å². The number of ether oxygens (including phenoxy) is 1. The first-order chi connectivity index (χ1) is 19.3. The third-order valence-electron chi connectivity index (χ3n) is 10.6. The summed E-state index contributed by atoms with van der Waals surface area (Å²) >= 11 is 0. The fourth-order valence-electron chi connectivity index (χ4n) is 7.93. The first-order valence-electron chi connectivity index (χ1n) is 15.9. The molecule has 40 heavy (non-hydrogen) atoms. The van der Waals surface area contributed by atoms with Crippen LogP contribution in [0.2, 0.25) is 0 Å². The lowest BCUT2D eigenvalue weighted by Crippen LogP contribution is -2.38. The molecule has 2 aromatic rings. The van der Waals surface area contributed by atoms with Crippen LogP contribution < -0.4 is 4.74 Å². The second-order valence-electron chi connectivity index (χ2n) is 13.1. The van der Waals surface area contributed by atoms with Crippen molar-refractivity contribution in [2.75, 3.05) is 0 Å². The van der Waals surface area contributed by atoms with Crippen molar-refractivity contribution in [3.05, 3.63) is 66.5 Å². The Hall–Kier alpha value is -2.23. The normalized spacial score (nSPS) is 29.6. The van der Waals surface area contributed by atoms with E-state index in [1.165, 1.54) is 57.4 Å². The molecule has 3 saturated carbocycles. The quantitative estimate of drug-likeness (QED) is 0.281. The number of benzene rings is 2. The zero-order chi connectivity index (χ0) is 28.1. The van der Waals surface area contributed by atoms with Crippen LogP contribution in [-0.2, 0) is 6.42 Å². The van der Waals surface area contributed by atoms with E-state index in [1.54, 1.807) is 6.07 Å². The maximum atomic E-state index is 15.2. The lowest BCUT2D eigenvalue weighted by Gasteiger charge is -2.41. The molecule has 1 nitrogen and oxygen atoms in total. The number of hydrogen-bond acceptors (Lipinski definition) is 1. The highest BCUT2D eigenvalue weighted by Crippen LogP contribution is 2.48. The van der Waals surface area contributed by atoms with E-state index in [9.17, 15) is 4.39 Å². The molecule has 3 aliphatic rings. The number of halogens is 3. The van der Waals surface area contributed by atoms with E-state index in [1.807, 2.05) is 30.3 Å². The second kappa shape index (κ2) is 13.2. The molecular formula is C36H47F3O. The minimum absolute atomic E-state index is 0.105. The third kappa shape index (κ3) is 7.15. The van der Waals surface area contributed by atoms with Gasteiger partial charge in [0.05, 0.1) is 5.92 Å². The van der Waals surface area contributed by atoms with Gasteiger partial charge in [0.1, 0.15) is 11.6 Å². The van der Waals surface area contributed by atoms with E-state index in [4.69, 9.17) is 4.74 Å². The minimum Gasteiger partial charge on any atom is -0.432 e. The van der Waals surface area contributed by atoms with Gasteiger partial charge in [0, 0.05) is 11.6 Å². The Balaban J connectivity index is 1.10. The smallest absolute Gasteiger partial charge is 0.400 e. The largest absolute Gasteiger partial charge is 0.432 e. The Morgan fingerprint density at radius 2 is 1.30 bits per heavy atom. The summed E-state index contributed by atoms with van der Waals surface area (Å²) in [6.07, 6.45) is 13.9. The summed E-state index contributed by atoms with van der Waals surface area (Å²) in [5, 5.41) is 0. The lowest BCUT2D eigenvalue weighted by molar-refractivity contribution is -0.224. The van der Waals surface area contributed by atoms with Crippen molar-refractivity contribution < 1.29 is 17.9 Å². The second-order valence-corrected chi connectivity index (χ2v) is 13.1. The Morgan fingerprint density at radius 1 is 0.775 bits per heavy atom. The summed E-state index contributed by atoms with van der Waals surface area (Å²) in [6.45, 7) is 6.13. The van der Waals surface area contributed by atoms with E-state index >= 15 is 8.78 Å². The maximum absolute atomic E-state index is 15.2. The molecule has 0 saturated heterocycles. The van der Waals surface area contributed by atoms with Gasteiger partial charge in [-0.25, -0.2) is 4.39 Å². The van der Waals surface area contributed by atoms with E-state index in [-0.39, 0.29) is 5.75 Å². The highest BCUT2D eigenvalue weighted by Gasteiger charge is 2.45. The molecule has 2 aromatic carbocycles. The van der Waals surface area contributed by atoms with Crippen LogP contribution in [0.3, 0.4) is 0 Å². The molecule has 0 aromatic heterocycles. The molecule has 0 aliphatic heterocycles. The zero-order valence-electron chi connectivity index (χ0n) is 24.2. The van der Waals surface area contributed by atoms with Crippen molar-refractivity contribution in [3.8, 4) is 16.9 Å². The Kier molecular flexibility index (Phi) is 9.64. The summed E-state index contributed by atoms with van der Waals surface area (Å²) in [5.74, 6) is 2.53. The summed E-state index contributed by atoms with van der Waals surface area (Å²) < 4.78 is 50.5. The molecule has 0 radical (unpaired) electrons. The number of alkyl halides is 2. The molecule has 0 N–H and O–H groups in total. The third-order valence-corrected chi connectivity index (χ3v) is 10.6. The van der Waals surface area contributed by atoms with Gasteiger partial charge in [0.25, 0.3) is 0 Å². The molecule has 0 heterocycles. The number of rotatable bonds is 9. The van der Waals surface area contributed by atoms with Gasteiger partial charge in [-0.2, -0.15) is 8.78 Å². The van der Waals surface area contributed by atoms with Gasteiger partial charge >= 0.3 is 6.11 Å². The molecule has 0 amide bonds. The van der Waals surface area contributed by atoms with Gasteiger partial charge in [-0.1, -0.05) is 50.1 Å². The van der Waals surface area contributed by atoms with Gasteiger partial charge < -0.3 is 4.74 Å². The van der Waals surface area contributed by atoms with Crippen molar-refractivity contribution in [2.45, 2.75) is 103 Å². The fraction of sp³-hybridized carbons (Fsp3) is 0.611. The molecular weight excluding hydrogens is 505 g/mol. The van der Waals surface area contributed by atoms with Crippen molar-refractivity contribution >= 4 is 0 Å². The predicted molar refractivity (Wildman–Crippen MR) is 158 cm³/mol. The Morgan fingerprint density at radius 3 is 1.82 bits per heavy atom. The Bertz CT molecular complexity index is 1090. The van der Waals surface area contributed by atoms with Crippen LogP contribution in [0.15, 0.2) is 55.1 Å². The average Bonchev–Trinajstić information content (AvgIpc) is 2.97. The molecule has 5 rings (SSSR count). The van der Waals surface area contributed by atoms with Crippen LogP contribution in [-0.4, -0.2) is 6.11 Å². The first-order valence-corrected chi connectivity index (χ1v) is 15.9. The van der Waals surface area contributed by atoms with E-state index in [0.717, 1.165) is 60.6 Å². The van der Waals surface area contributed by atoms with E-state index in [2.05, 4.69) is 13.5 Å². The molecule has 0 atom stereocenters. The fourth-order valence-corrected chi connectivity index (χ4v) is 7.93. The number of allylic oxidation sites excluding steroid dienone is 1. The van der Waals surface area contributed by atoms with Crippen molar-refractivity contribution in [1.29, 1.82) is 0 Å². The van der Waals surface area contributed by atoms with Gasteiger partial charge in [0.2, 0.25) is 0 Å². The summed E-state index contributed by atoms with van der Waals surface area (Å²) in [4.78, 5) is 0. The minimum atomic E-state index is -3.29. The molecule has 3 aliphatic carbocycles. The number of aryl methyl sites for hydroxylation is 1. The first kappa shape index (κ1) is 29.3. The maximum Gasteiger partial charge on any atom is 0.400 e. The van der Waals surface area contributed by atoms with E-state index in [0.29, 0.717) is 30.2 Å². The Labute approximate surface area is 239 Å². The van der Waals surface area contributed by atoms with Crippen molar-refractivity contribution in [1.82, 2.24) is 0 Å². The highest BCUT2D eigenvalue weighted by molar-refractivity contribution is 5.65. The van der Waals surface area contributed by atoms with Crippen LogP contribution >= 0.6 is 0 Å². The van der Waals surface area contributed by atoms with Crippen molar-refractivity contribution in [3.63, 3.8) is 0 Å². The number of hydrogen-bond donors (Lipinski definition) is 0. The molecule has 0 bridgehead atoms. The topological polar surface area (TPSA) is 9.23 Å². The molecule has 0 spiro atoms. The van der Waals surface area contributed by atoms with Crippen LogP contribution in [0.4, 0.5) is 13.2 Å². The van der Waals surface area contributed by atoms with Gasteiger partial charge in [-0.3, -0.25) is 0 Å². The predicted octanol–water partition coefficient (Wildman–Crippen LogP) is 11.0. The standard InChI is InChI=1S/C36H47F3O/c1-3-4-5-26-8-12-31(13-9-26)34-23-22-33(24-35(34)37)40-36(38,39)32-20-18-30(19-21-32)29-16-14-28(15-17-29)27-10-6-25(2)7-11-27/h3,8-9,12-13,22-25,27-30,32H,1,4-7,10-11,14-21H2,2H3. The molecule has 0 unspecified atom stereocenters. The van der Waals surface area contributed by atoms with Gasteiger partial charge in [-0.15, -0.1) is 6.58 Å². The molecule has 3 fully saturated rings. The van der Waals surface area contributed by atoms with Crippen molar-refractivity contribution in [2.24, 2.45) is 35.5 Å². The monoisotopic (exact) mass is 552 g/mol. The highest BCUT2D eigenvalue weighted by atomic mass is 19.3. The van der Waals surface area contributed by atoms with Crippen LogP contribution in [0.25, 0.3) is 11.1 Å². The summed E-state index contributed by atoms with van der Waals surface area (Å²) in [7, 11) is 0. The zero-order valence-corrected chi connectivity index (χ0v) is 24.2. The lowest BCUT2D eigenvalue weighted by atomic mass is 9.65. The van der Waals surface area contributed by atoms with Gasteiger partial charge in [-0.05, 0) is 130 Å². The molecule has 218 valence electrons. The van der Waals surface area contributed by atoms with Crippen LogP contribution in [0.5, 0.6) is 5.75 Å².